The minimum atomic E-state index is -0.571. The van der Waals surface area contributed by atoms with Gasteiger partial charge in [-0.15, -0.1) is 0 Å². The SMILES string of the molecule is COc1c(N2CC3CCCN(C)C3C2)c(F)cc2c(=O)c(C(=O)C=Cc3ccc(=C=O)c(=C=O)c3)cn(C3CC3)c12. The molecule has 2 aromatic carbocycles. The molecule has 0 bridgehead atoms. The fourth-order valence-corrected chi connectivity index (χ4v) is 6.44. The van der Waals surface area contributed by atoms with Crippen molar-refractivity contribution in [3.8, 4) is 5.75 Å². The lowest BCUT2D eigenvalue weighted by molar-refractivity contribution is 0.104. The zero-order chi connectivity index (χ0) is 28.8. The van der Waals surface area contributed by atoms with Crippen LogP contribution in [0.2, 0.25) is 0 Å². The number of likely N-dealkylation sites (tertiary alicyclic amines) is 1. The van der Waals surface area contributed by atoms with Gasteiger partial charge in [-0.2, -0.15) is 0 Å². The number of carbonyl (C=O) groups is 1. The number of halogens is 1. The van der Waals surface area contributed by atoms with E-state index in [-0.39, 0.29) is 27.4 Å². The second kappa shape index (κ2) is 10.6. The molecule has 6 rings (SSSR count). The molecule has 3 aromatic rings. The van der Waals surface area contributed by atoms with E-state index in [0.717, 1.165) is 38.8 Å². The van der Waals surface area contributed by atoms with Crippen LogP contribution >= 0.6 is 0 Å². The van der Waals surface area contributed by atoms with Crippen LogP contribution in [-0.4, -0.2) is 67.0 Å². The van der Waals surface area contributed by atoms with E-state index in [1.54, 1.807) is 24.1 Å². The Bertz CT molecular complexity index is 1830. The zero-order valence-corrected chi connectivity index (χ0v) is 23.0. The topological polar surface area (TPSA) is 88.9 Å². The summed E-state index contributed by atoms with van der Waals surface area (Å²) in [7, 11) is 3.61. The highest BCUT2D eigenvalue weighted by molar-refractivity contribution is 6.08. The number of ether oxygens (including phenoxy) is 1. The molecule has 0 N–H and O–H groups in total. The summed E-state index contributed by atoms with van der Waals surface area (Å²) in [6.45, 7) is 2.43. The number of piperidine rings is 1. The predicted octanol–water partition coefficient (Wildman–Crippen LogP) is 1.92. The Hall–Kier alpha value is -4.29. The average molecular weight is 556 g/mol. The van der Waals surface area contributed by atoms with Crippen molar-refractivity contribution in [3.05, 3.63) is 74.1 Å². The molecule has 3 fully saturated rings. The summed E-state index contributed by atoms with van der Waals surface area (Å²) in [5.41, 5.74) is 0.705. The quantitative estimate of drug-likeness (QED) is 0.339. The van der Waals surface area contributed by atoms with Gasteiger partial charge in [0, 0.05) is 31.4 Å². The first-order valence-corrected chi connectivity index (χ1v) is 13.9. The minimum absolute atomic E-state index is 0.0265. The average Bonchev–Trinajstić information content (AvgIpc) is 3.73. The van der Waals surface area contributed by atoms with Crippen LogP contribution in [0, 0.1) is 11.7 Å². The zero-order valence-electron chi connectivity index (χ0n) is 23.0. The predicted molar refractivity (Wildman–Crippen MR) is 153 cm³/mol. The lowest BCUT2D eigenvalue weighted by atomic mass is 9.93. The highest BCUT2D eigenvalue weighted by atomic mass is 19.1. The van der Waals surface area contributed by atoms with Crippen molar-refractivity contribution < 1.29 is 23.5 Å². The van der Waals surface area contributed by atoms with Gasteiger partial charge in [0.05, 0.1) is 34.0 Å². The number of fused-ring (bicyclic) bond motifs is 2. The second-order valence-corrected chi connectivity index (χ2v) is 11.2. The largest absolute Gasteiger partial charge is 0.492 e. The molecule has 3 aliphatic rings. The van der Waals surface area contributed by atoms with Crippen LogP contribution in [0.3, 0.4) is 0 Å². The number of aromatic nitrogens is 1. The molecule has 2 unspecified atom stereocenters. The molecule has 0 spiro atoms. The smallest absolute Gasteiger partial charge is 0.200 e. The molecule has 210 valence electrons. The summed E-state index contributed by atoms with van der Waals surface area (Å²) in [5.74, 6) is 3.02. The number of likely N-dealkylation sites (N-methyl/N-ethyl adjacent to an activating group) is 1. The Labute approximate surface area is 235 Å². The monoisotopic (exact) mass is 555 g/mol. The molecule has 2 aliphatic heterocycles. The summed E-state index contributed by atoms with van der Waals surface area (Å²) >= 11 is 0. The Morgan fingerprint density at radius 2 is 1.88 bits per heavy atom. The number of carbonyl (C=O) groups excluding carboxylic acids is 3. The van der Waals surface area contributed by atoms with Crippen LogP contribution in [0.5, 0.6) is 5.75 Å². The first-order valence-electron chi connectivity index (χ1n) is 13.9. The number of allylic oxidation sites excluding steroid dienone is 1. The second-order valence-electron chi connectivity index (χ2n) is 11.2. The first kappa shape index (κ1) is 26.9. The number of ketones is 1. The summed E-state index contributed by atoms with van der Waals surface area (Å²) in [4.78, 5) is 53.4. The van der Waals surface area contributed by atoms with E-state index in [2.05, 4.69) is 11.9 Å². The van der Waals surface area contributed by atoms with E-state index < -0.39 is 17.0 Å². The molecule has 8 nitrogen and oxygen atoms in total. The first-order chi connectivity index (χ1) is 19.8. The fourth-order valence-electron chi connectivity index (χ4n) is 6.44. The number of hydrogen-bond donors (Lipinski definition) is 0. The van der Waals surface area contributed by atoms with Crippen molar-refractivity contribution in [3.63, 3.8) is 0 Å². The van der Waals surface area contributed by atoms with Gasteiger partial charge >= 0.3 is 0 Å². The highest BCUT2D eigenvalue weighted by Gasteiger charge is 2.40. The van der Waals surface area contributed by atoms with E-state index in [4.69, 9.17) is 4.74 Å². The molecule has 0 amide bonds. The number of rotatable bonds is 6. The van der Waals surface area contributed by atoms with Crippen LogP contribution in [0.15, 0.2) is 41.3 Å². The number of nitrogens with zero attached hydrogens (tertiary/aromatic N) is 3. The van der Waals surface area contributed by atoms with Crippen molar-refractivity contribution in [1.82, 2.24) is 9.47 Å². The number of benzene rings is 2. The third kappa shape index (κ3) is 4.72. The van der Waals surface area contributed by atoms with Gasteiger partial charge in [-0.3, -0.25) is 9.59 Å². The molecule has 0 radical (unpaired) electrons. The number of methoxy groups -OCH3 is 1. The van der Waals surface area contributed by atoms with Gasteiger partial charge in [0.15, 0.2) is 17.3 Å². The summed E-state index contributed by atoms with van der Waals surface area (Å²) in [6, 6.07) is 6.05. The molecule has 1 saturated carbocycles. The maximum Gasteiger partial charge on any atom is 0.200 e. The van der Waals surface area contributed by atoms with Crippen LogP contribution < -0.4 is 25.5 Å². The van der Waals surface area contributed by atoms with Crippen molar-refractivity contribution in [2.24, 2.45) is 5.92 Å². The van der Waals surface area contributed by atoms with Crippen LogP contribution in [0.1, 0.15) is 47.6 Å². The summed E-state index contributed by atoms with van der Waals surface area (Å²) in [6.07, 6.45) is 8.22. The number of anilines is 1. The molecule has 1 aromatic heterocycles. The van der Waals surface area contributed by atoms with Gasteiger partial charge in [0.2, 0.25) is 5.43 Å². The normalized spacial score (nSPS) is 20.7. The Morgan fingerprint density at radius 1 is 1.10 bits per heavy atom. The van der Waals surface area contributed by atoms with Gasteiger partial charge in [0.1, 0.15) is 17.6 Å². The maximum atomic E-state index is 15.9. The lowest BCUT2D eigenvalue weighted by Gasteiger charge is -2.33. The van der Waals surface area contributed by atoms with E-state index in [1.807, 2.05) is 9.47 Å². The Morgan fingerprint density at radius 3 is 2.56 bits per heavy atom. The van der Waals surface area contributed by atoms with Crippen molar-refractivity contribution in [2.75, 3.05) is 38.7 Å². The van der Waals surface area contributed by atoms with Gasteiger partial charge in [-0.25, -0.2) is 14.0 Å². The molecule has 9 heteroatoms. The molecule has 41 heavy (non-hydrogen) atoms. The number of pyridine rings is 1. The molecular formula is C32H30FN3O5. The summed E-state index contributed by atoms with van der Waals surface area (Å²) < 4.78 is 23.6. The summed E-state index contributed by atoms with van der Waals surface area (Å²) in [5, 5.41) is 0.200. The van der Waals surface area contributed by atoms with Crippen LogP contribution in [-0.2, 0) is 9.59 Å². The molecule has 3 heterocycles. The number of hydrogen-bond acceptors (Lipinski definition) is 7. The third-order valence-corrected chi connectivity index (χ3v) is 8.67. The lowest BCUT2D eigenvalue weighted by Crippen LogP contribution is -2.42. The van der Waals surface area contributed by atoms with Crippen LogP contribution in [0.4, 0.5) is 10.1 Å². The molecule has 2 atom stereocenters. The van der Waals surface area contributed by atoms with E-state index in [9.17, 15) is 19.2 Å². The maximum absolute atomic E-state index is 15.9. The van der Waals surface area contributed by atoms with Crippen molar-refractivity contribution >= 4 is 40.3 Å². The van der Waals surface area contributed by atoms with E-state index in [0.29, 0.717) is 41.0 Å². The fraction of sp³-hybridized carbons (Fsp3) is 0.375. The Balaban J connectivity index is 1.44. The van der Waals surface area contributed by atoms with E-state index >= 15 is 4.39 Å². The van der Waals surface area contributed by atoms with Gasteiger partial charge < -0.3 is 19.1 Å². The Kier molecular flexibility index (Phi) is 6.96. The standard InChI is InChI=1S/C32H30FN3O5/c1-34-11-3-4-20-14-35(16-27(20)34)30-26(33)13-24-29(32(30)41-2)36(23-8-9-23)15-25(31(24)40)28(39)10-6-19-5-7-21(17-37)22(12-19)18-38/h5-7,10,12-13,15,20,23,27H,3-4,8-9,11,14,16H2,1-2H3. The van der Waals surface area contributed by atoms with Crippen molar-refractivity contribution in [2.45, 2.75) is 37.8 Å². The highest BCUT2D eigenvalue weighted by Crippen LogP contribution is 2.45. The van der Waals surface area contributed by atoms with Gasteiger partial charge in [-0.05, 0) is 75.0 Å². The third-order valence-electron chi connectivity index (χ3n) is 8.67. The van der Waals surface area contributed by atoms with Gasteiger partial charge in [0.25, 0.3) is 0 Å². The van der Waals surface area contributed by atoms with E-state index in [1.165, 1.54) is 37.5 Å². The molecular weight excluding hydrogens is 525 g/mol. The minimum Gasteiger partial charge on any atom is -0.492 e. The van der Waals surface area contributed by atoms with Crippen molar-refractivity contribution in [1.29, 1.82) is 0 Å². The molecule has 1 aliphatic carbocycles. The van der Waals surface area contributed by atoms with Crippen LogP contribution in [0.25, 0.3) is 17.0 Å². The van der Waals surface area contributed by atoms with Gasteiger partial charge in [-0.1, -0.05) is 12.1 Å². The molecule has 2 saturated heterocycles.